The van der Waals surface area contributed by atoms with E-state index in [9.17, 15) is 0 Å². The van der Waals surface area contributed by atoms with Crippen molar-refractivity contribution in [2.75, 3.05) is 40.9 Å². The maximum Gasteiger partial charge on any atom is 0.0780 e. The van der Waals surface area contributed by atoms with Crippen molar-refractivity contribution >= 4 is 0 Å². The summed E-state index contributed by atoms with van der Waals surface area (Å²) in [7, 11) is 6.81. The Morgan fingerprint density at radius 1 is 0.591 bits per heavy atom. The van der Waals surface area contributed by atoms with Crippen molar-refractivity contribution in [3.05, 3.63) is 0 Å². The maximum atomic E-state index is 8.99. The zero-order valence-corrected chi connectivity index (χ0v) is 15.5. The Labute approximate surface area is 139 Å². The monoisotopic (exact) mass is 316 g/mol. The highest BCUT2D eigenvalue weighted by Gasteiger charge is 2.07. The fourth-order valence-electron chi connectivity index (χ4n) is 3.05. The SMILES string of the molecule is C[N+](C)(C)CCCCCCCCCCCC(CCO)CCO. The van der Waals surface area contributed by atoms with Crippen molar-refractivity contribution in [1.82, 2.24) is 0 Å². The normalized spacial score (nSPS) is 12.3. The van der Waals surface area contributed by atoms with E-state index < -0.39 is 0 Å². The Balaban J connectivity index is 3.26. The molecule has 0 amide bonds. The van der Waals surface area contributed by atoms with Crippen LogP contribution < -0.4 is 0 Å². The molecule has 0 saturated carbocycles. The van der Waals surface area contributed by atoms with Gasteiger partial charge in [-0.3, -0.25) is 0 Å². The molecule has 0 atom stereocenters. The van der Waals surface area contributed by atoms with Crippen LogP contribution in [0.5, 0.6) is 0 Å². The molecule has 0 saturated heterocycles. The summed E-state index contributed by atoms with van der Waals surface area (Å²) in [5, 5.41) is 18.0. The van der Waals surface area contributed by atoms with Crippen molar-refractivity contribution < 1.29 is 14.7 Å². The maximum absolute atomic E-state index is 8.99. The van der Waals surface area contributed by atoms with Crippen molar-refractivity contribution in [2.24, 2.45) is 5.92 Å². The minimum atomic E-state index is 0.263. The van der Waals surface area contributed by atoms with Gasteiger partial charge in [-0.25, -0.2) is 0 Å². The summed E-state index contributed by atoms with van der Waals surface area (Å²) in [5.74, 6) is 0.524. The first-order chi connectivity index (χ1) is 10.5. The van der Waals surface area contributed by atoms with Crippen LogP contribution in [0.25, 0.3) is 0 Å². The van der Waals surface area contributed by atoms with E-state index in [4.69, 9.17) is 10.2 Å². The largest absolute Gasteiger partial charge is 0.396 e. The van der Waals surface area contributed by atoms with E-state index in [1.54, 1.807) is 0 Å². The highest BCUT2D eigenvalue weighted by molar-refractivity contribution is 4.59. The van der Waals surface area contributed by atoms with Gasteiger partial charge in [-0.05, 0) is 31.6 Å². The molecule has 0 fully saturated rings. The molecular formula is C19H42NO2+. The number of nitrogens with zero attached hydrogens (tertiary/aromatic N) is 1. The van der Waals surface area contributed by atoms with Gasteiger partial charge < -0.3 is 14.7 Å². The number of aliphatic hydroxyl groups excluding tert-OH is 2. The average Bonchev–Trinajstić information content (AvgIpc) is 2.44. The van der Waals surface area contributed by atoms with E-state index >= 15 is 0 Å². The molecule has 0 spiro atoms. The second-order valence-corrected chi connectivity index (χ2v) is 7.88. The van der Waals surface area contributed by atoms with Crippen LogP contribution in [0, 0.1) is 5.92 Å². The van der Waals surface area contributed by atoms with Gasteiger partial charge in [0.2, 0.25) is 0 Å². The van der Waals surface area contributed by atoms with Crippen molar-refractivity contribution in [1.29, 1.82) is 0 Å². The van der Waals surface area contributed by atoms with Crippen LogP contribution in [0.4, 0.5) is 0 Å². The number of hydrogen-bond acceptors (Lipinski definition) is 2. The number of aliphatic hydroxyl groups is 2. The van der Waals surface area contributed by atoms with Crippen LogP contribution in [0.2, 0.25) is 0 Å². The molecule has 0 aromatic heterocycles. The second kappa shape index (κ2) is 14.5. The van der Waals surface area contributed by atoms with Gasteiger partial charge in [0.25, 0.3) is 0 Å². The van der Waals surface area contributed by atoms with Gasteiger partial charge in [-0.15, -0.1) is 0 Å². The summed E-state index contributed by atoms with van der Waals surface area (Å²) >= 11 is 0. The molecule has 0 unspecified atom stereocenters. The lowest BCUT2D eigenvalue weighted by Crippen LogP contribution is -2.35. The van der Waals surface area contributed by atoms with Crippen LogP contribution >= 0.6 is 0 Å². The van der Waals surface area contributed by atoms with Gasteiger partial charge in [-0.1, -0.05) is 51.4 Å². The summed E-state index contributed by atoms with van der Waals surface area (Å²) in [6.07, 6.45) is 15.1. The molecule has 2 N–H and O–H groups in total. The lowest BCUT2D eigenvalue weighted by Gasteiger charge is -2.23. The average molecular weight is 317 g/mol. The first-order valence-corrected chi connectivity index (χ1v) is 9.52. The number of rotatable bonds is 16. The molecule has 0 aliphatic carbocycles. The molecule has 22 heavy (non-hydrogen) atoms. The highest BCUT2D eigenvalue weighted by atomic mass is 16.3. The van der Waals surface area contributed by atoms with Crippen LogP contribution in [0.3, 0.4) is 0 Å². The van der Waals surface area contributed by atoms with Gasteiger partial charge in [0, 0.05) is 13.2 Å². The van der Waals surface area contributed by atoms with E-state index in [1.165, 1.54) is 70.8 Å². The summed E-state index contributed by atoms with van der Waals surface area (Å²) in [4.78, 5) is 0. The standard InChI is InChI=1S/C19H42NO2/c1-20(2,3)16-12-10-8-6-4-5-7-9-11-13-19(14-17-21)15-18-22/h19,21-22H,4-18H2,1-3H3/q+1. The van der Waals surface area contributed by atoms with E-state index in [0.717, 1.165) is 17.3 Å². The Morgan fingerprint density at radius 3 is 1.41 bits per heavy atom. The first-order valence-electron chi connectivity index (χ1n) is 9.52. The Morgan fingerprint density at radius 2 is 1.00 bits per heavy atom. The topological polar surface area (TPSA) is 40.5 Å². The van der Waals surface area contributed by atoms with E-state index in [-0.39, 0.29) is 13.2 Å². The van der Waals surface area contributed by atoms with Crippen LogP contribution in [-0.4, -0.2) is 55.6 Å². The van der Waals surface area contributed by atoms with Crippen molar-refractivity contribution in [2.45, 2.75) is 77.0 Å². The molecule has 0 aliphatic heterocycles. The van der Waals surface area contributed by atoms with E-state index in [0.29, 0.717) is 5.92 Å². The third-order valence-electron chi connectivity index (χ3n) is 4.52. The first kappa shape index (κ1) is 21.9. The van der Waals surface area contributed by atoms with Crippen LogP contribution in [0.1, 0.15) is 77.0 Å². The smallest absolute Gasteiger partial charge is 0.0780 e. The number of quaternary nitrogens is 1. The molecule has 0 heterocycles. The summed E-state index contributed by atoms with van der Waals surface area (Å²) in [5.41, 5.74) is 0. The van der Waals surface area contributed by atoms with Gasteiger partial charge in [0.15, 0.2) is 0 Å². The lowest BCUT2D eigenvalue weighted by molar-refractivity contribution is -0.870. The van der Waals surface area contributed by atoms with Crippen molar-refractivity contribution in [3.63, 3.8) is 0 Å². The molecule has 134 valence electrons. The third kappa shape index (κ3) is 16.3. The summed E-state index contributed by atoms with van der Waals surface area (Å²) < 4.78 is 1.09. The minimum absolute atomic E-state index is 0.263. The fourth-order valence-corrected chi connectivity index (χ4v) is 3.05. The quantitative estimate of drug-likeness (QED) is 0.334. The van der Waals surface area contributed by atoms with Crippen LogP contribution in [-0.2, 0) is 0 Å². The molecule has 0 aromatic carbocycles. The molecular weight excluding hydrogens is 274 g/mol. The zero-order chi connectivity index (χ0) is 16.7. The highest BCUT2D eigenvalue weighted by Crippen LogP contribution is 2.18. The van der Waals surface area contributed by atoms with E-state index in [1.807, 2.05) is 0 Å². The lowest BCUT2D eigenvalue weighted by atomic mass is 9.94. The van der Waals surface area contributed by atoms with Gasteiger partial charge in [0.05, 0.1) is 27.7 Å². The van der Waals surface area contributed by atoms with Gasteiger partial charge in [-0.2, -0.15) is 0 Å². The van der Waals surface area contributed by atoms with Crippen molar-refractivity contribution in [3.8, 4) is 0 Å². The minimum Gasteiger partial charge on any atom is -0.396 e. The fraction of sp³-hybridized carbons (Fsp3) is 1.00. The predicted molar refractivity (Wildman–Crippen MR) is 96.0 cm³/mol. The predicted octanol–water partition coefficient (Wildman–Crippen LogP) is 3.97. The molecule has 3 heteroatoms. The Bertz CT molecular complexity index is 220. The summed E-state index contributed by atoms with van der Waals surface area (Å²) in [6.45, 7) is 1.82. The van der Waals surface area contributed by atoms with Crippen LogP contribution in [0.15, 0.2) is 0 Å². The molecule has 3 nitrogen and oxygen atoms in total. The van der Waals surface area contributed by atoms with Gasteiger partial charge >= 0.3 is 0 Å². The Hall–Kier alpha value is -0.120. The summed E-state index contributed by atoms with van der Waals surface area (Å²) in [6, 6.07) is 0. The second-order valence-electron chi connectivity index (χ2n) is 7.88. The van der Waals surface area contributed by atoms with Gasteiger partial charge in [0.1, 0.15) is 0 Å². The zero-order valence-electron chi connectivity index (χ0n) is 15.5. The molecule has 0 bridgehead atoms. The molecule has 0 aromatic rings. The van der Waals surface area contributed by atoms with E-state index in [2.05, 4.69) is 21.1 Å². The molecule has 0 radical (unpaired) electrons. The number of hydrogen-bond donors (Lipinski definition) is 2. The Kier molecular flexibility index (Phi) is 14.4. The molecule has 0 aliphatic rings. The molecule has 0 rings (SSSR count). The third-order valence-corrected chi connectivity index (χ3v) is 4.52. The number of unbranched alkanes of at least 4 members (excludes halogenated alkanes) is 8.